The fourth-order valence-electron chi connectivity index (χ4n) is 4.52. The second-order valence-corrected chi connectivity index (χ2v) is 10.4. The van der Waals surface area contributed by atoms with E-state index >= 15 is 0 Å². The highest BCUT2D eigenvalue weighted by Crippen LogP contribution is 2.42. The maximum absolute atomic E-state index is 13.4. The number of amides is 1. The molecule has 1 heterocycles. The van der Waals surface area contributed by atoms with E-state index in [9.17, 15) is 14.7 Å². The molecule has 180 valence electrons. The quantitative estimate of drug-likeness (QED) is 0.261. The zero-order valence-electron chi connectivity index (χ0n) is 21.3. The Bertz CT molecular complexity index is 1310. The molecule has 35 heavy (non-hydrogen) atoms. The lowest BCUT2D eigenvalue weighted by atomic mass is 9.87. The molecule has 1 amide bonds. The molecule has 1 N–H and O–H groups in total. The van der Waals surface area contributed by atoms with Crippen LogP contribution in [0.25, 0.3) is 5.76 Å². The number of nitrogens with zero attached hydrogens (tertiary/aromatic N) is 1. The van der Waals surface area contributed by atoms with Crippen molar-refractivity contribution in [1.29, 1.82) is 0 Å². The summed E-state index contributed by atoms with van der Waals surface area (Å²) in [5.41, 5.74) is 6.41. The Hall–Kier alpha value is -3.66. The first-order chi connectivity index (χ1) is 16.5. The Morgan fingerprint density at radius 2 is 1.51 bits per heavy atom. The van der Waals surface area contributed by atoms with Crippen molar-refractivity contribution in [3.63, 3.8) is 0 Å². The van der Waals surface area contributed by atoms with Crippen LogP contribution in [0.5, 0.6) is 0 Å². The lowest BCUT2D eigenvalue weighted by Crippen LogP contribution is -2.29. The molecule has 0 spiro atoms. The predicted octanol–water partition coefficient (Wildman–Crippen LogP) is 6.79. The minimum atomic E-state index is -0.719. The molecule has 1 aliphatic heterocycles. The van der Waals surface area contributed by atoms with Crippen LogP contribution in [0.1, 0.15) is 67.1 Å². The molecule has 4 rings (SSSR count). The van der Waals surface area contributed by atoms with Crippen LogP contribution in [0.15, 0.2) is 72.3 Å². The first-order valence-corrected chi connectivity index (χ1v) is 12.1. The van der Waals surface area contributed by atoms with Gasteiger partial charge in [-0.15, -0.1) is 0 Å². The average molecular weight is 468 g/mol. The molecule has 1 atom stereocenters. The van der Waals surface area contributed by atoms with Gasteiger partial charge in [-0.3, -0.25) is 14.5 Å². The smallest absolute Gasteiger partial charge is 0.300 e. The molecule has 0 radical (unpaired) electrons. The Balaban J connectivity index is 1.91. The van der Waals surface area contributed by atoms with Crippen LogP contribution in [-0.2, 0) is 21.4 Å². The number of rotatable bonds is 4. The summed E-state index contributed by atoms with van der Waals surface area (Å²) in [5.74, 6) is -1.46. The summed E-state index contributed by atoms with van der Waals surface area (Å²) in [7, 11) is 0. The number of aliphatic hydroxyl groups is 1. The Labute approximate surface area is 207 Å². The molecular weight excluding hydrogens is 434 g/mol. The van der Waals surface area contributed by atoms with Crippen LogP contribution in [0.2, 0.25) is 0 Å². The second kappa shape index (κ2) is 9.18. The van der Waals surface area contributed by atoms with Crippen molar-refractivity contribution >= 4 is 23.1 Å². The minimum Gasteiger partial charge on any atom is -0.507 e. The summed E-state index contributed by atoms with van der Waals surface area (Å²) in [5, 5.41) is 11.4. The predicted molar refractivity (Wildman–Crippen MR) is 142 cm³/mol. The highest BCUT2D eigenvalue weighted by molar-refractivity contribution is 6.51. The summed E-state index contributed by atoms with van der Waals surface area (Å²) in [6, 6.07) is 20.5. The van der Waals surface area contributed by atoms with E-state index < -0.39 is 17.7 Å². The van der Waals surface area contributed by atoms with E-state index in [0.29, 0.717) is 11.3 Å². The van der Waals surface area contributed by atoms with E-state index in [2.05, 4.69) is 27.7 Å². The molecule has 0 saturated carbocycles. The van der Waals surface area contributed by atoms with Gasteiger partial charge in [0.05, 0.1) is 11.6 Å². The molecule has 3 aromatic rings. The molecule has 4 heteroatoms. The van der Waals surface area contributed by atoms with Gasteiger partial charge in [-0.25, -0.2) is 0 Å². The Morgan fingerprint density at radius 1 is 0.886 bits per heavy atom. The fourth-order valence-corrected chi connectivity index (χ4v) is 4.52. The molecule has 1 unspecified atom stereocenters. The van der Waals surface area contributed by atoms with Gasteiger partial charge in [-0.1, -0.05) is 76.2 Å². The van der Waals surface area contributed by atoms with Crippen molar-refractivity contribution in [2.75, 3.05) is 4.90 Å². The summed E-state index contributed by atoms with van der Waals surface area (Å²) >= 11 is 0. The molecule has 0 aliphatic carbocycles. The summed E-state index contributed by atoms with van der Waals surface area (Å²) < 4.78 is 0. The number of anilines is 1. The fraction of sp³-hybridized carbons (Fsp3) is 0.290. The van der Waals surface area contributed by atoms with Gasteiger partial charge in [0.2, 0.25) is 0 Å². The van der Waals surface area contributed by atoms with Crippen LogP contribution in [0.3, 0.4) is 0 Å². The third-order valence-electron chi connectivity index (χ3n) is 6.94. The van der Waals surface area contributed by atoms with Crippen LogP contribution >= 0.6 is 0 Å². The molecule has 0 aromatic heterocycles. The SMILES string of the molecule is CCc1ccc(C2/C(=C(/O)c3ccc(C)c(C)c3)C(=O)C(=O)N2c2ccc(C(C)(C)C)cc2)cc1. The number of benzene rings is 3. The van der Waals surface area contributed by atoms with Gasteiger partial charge >= 0.3 is 0 Å². The van der Waals surface area contributed by atoms with Crippen LogP contribution in [0, 0.1) is 13.8 Å². The van der Waals surface area contributed by atoms with Crippen molar-refractivity contribution in [2.45, 2.75) is 59.4 Å². The maximum atomic E-state index is 13.4. The van der Waals surface area contributed by atoms with Gasteiger partial charge in [-0.05, 0) is 71.7 Å². The lowest BCUT2D eigenvalue weighted by Gasteiger charge is -2.27. The van der Waals surface area contributed by atoms with Crippen molar-refractivity contribution in [2.24, 2.45) is 0 Å². The van der Waals surface area contributed by atoms with Gasteiger partial charge in [0, 0.05) is 11.3 Å². The van der Waals surface area contributed by atoms with E-state index in [1.165, 1.54) is 4.90 Å². The van der Waals surface area contributed by atoms with Crippen molar-refractivity contribution in [3.05, 3.63) is 106 Å². The highest BCUT2D eigenvalue weighted by Gasteiger charge is 2.47. The minimum absolute atomic E-state index is 0.0363. The van der Waals surface area contributed by atoms with Gasteiger partial charge in [0.15, 0.2) is 0 Å². The van der Waals surface area contributed by atoms with Gasteiger partial charge in [-0.2, -0.15) is 0 Å². The first kappa shape index (κ1) is 24.5. The number of carbonyl (C=O) groups is 2. The van der Waals surface area contributed by atoms with E-state index in [4.69, 9.17) is 0 Å². The first-order valence-electron chi connectivity index (χ1n) is 12.1. The van der Waals surface area contributed by atoms with Gasteiger partial charge in [0.25, 0.3) is 11.7 Å². The van der Waals surface area contributed by atoms with E-state index in [1.54, 1.807) is 6.07 Å². The highest BCUT2D eigenvalue weighted by atomic mass is 16.3. The van der Waals surface area contributed by atoms with E-state index in [-0.39, 0.29) is 16.7 Å². The van der Waals surface area contributed by atoms with Crippen molar-refractivity contribution < 1.29 is 14.7 Å². The number of aliphatic hydroxyl groups excluding tert-OH is 1. The Morgan fingerprint density at radius 3 is 2.06 bits per heavy atom. The van der Waals surface area contributed by atoms with Crippen LogP contribution in [-0.4, -0.2) is 16.8 Å². The zero-order chi connectivity index (χ0) is 25.5. The monoisotopic (exact) mass is 467 g/mol. The number of ketones is 1. The maximum Gasteiger partial charge on any atom is 0.300 e. The van der Waals surface area contributed by atoms with Crippen LogP contribution < -0.4 is 4.90 Å². The summed E-state index contributed by atoms with van der Waals surface area (Å²) in [6.07, 6.45) is 0.886. The molecule has 3 aromatic carbocycles. The standard InChI is InChI=1S/C31H33NO3/c1-7-21-9-12-22(13-10-21)27-26(28(33)23-11-8-19(2)20(3)18-23)29(34)30(35)32(27)25-16-14-24(15-17-25)31(4,5)6/h8-18,27,33H,7H2,1-6H3/b28-26-. The van der Waals surface area contributed by atoms with Gasteiger partial charge < -0.3 is 5.11 Å². The number of hydrogen-bond donors (Lipinski definition) is 1. The Kier molecular flexibility index (Phi) is 6.42. The number of hydrogen-bond acceptors (Lipinski definition) is 3. The van der Waals surface area contributed by atoms with Crippen molar-refractivity contribution in [3.8, 4) is 0 Å². The molecule has 1 aliphatic rings. The number of carbonyl (C=O) groups excluding carboxylic acids is 2. The average Bonchev–Trinajstić information content (AvgIpc) is 3.10. The molecular formula is C31H33NO3. The normalized spacial score (nSPS) is 17.8. The zero-order valence-corrected chi connectivity index (χ0v) is 21.3. The lowest BCUT2D eigenvalue weighted by molar-refractivity contribution is -0.132. The third-order valence-corrected chi connectivity index (χ3v) is 6.94. The largest absolute Gasteiger partial charge is 0.507 e. The molecule has 0 bridgehead atoms. The van der Waals surface area contributed by atoms with E-state index in [0.717, 1.165) is 34.2 Å². The molecule has 1 saturated heterocycles. The second-order valence-electron chi connectivity index (χ2n) is 10.4. The summed E-state index contributed by atoms with van der Waals surface area (Å²) in [4.78, 5) is 28.3. The van der Waals surface area contributed by atoms with E-state index in [1.807, 2.05) is 74.5 Å². The molecule has 1 fully saturated rings. The summed E-state index contributed by atoms with van der Waals surface area (Å²) in [6.45, 7) is 12.4. The molecule has 4 nitrogen and oxygen atoms in total. The van der Waals surface area contributed by atoms with Crippen LogP contribution in [0.4, 0.5) is 5.69 Å². The third kappa shape index (κ3) is 4.53. The van der Waals surface area contributed by atoms with Gasteiger partial charge in [0.1, 0.15) is 5.76 Å². The number of Topliss-reactive ketones (excluding diaryl/α,β-unsaturated/α-hetero) is 1. The topological polar surface area (TPSA) is 57.6 Å². The number of aryl methyl sites for hydroxylation is 3. The van der Waals surface area contributed by atoms with Crippen molar-refractivity contribution in [1.82, 2.24) is 0 Å².